The zero-order valence-corrected chi connectivity index (χ0v) is 18.0. The van der Waals surface area contributed by atoms with E-state index < -0.39 is 5.41 Å². The molecule has 2 aromatic carbocycles. The Balaban J connectivity index is 1.40. The smallest absolute Gasteiger partial charge is 0.240 e. The molecule has 1 aromatic heterocycles. The average Bonchev–Trinajstić information content (AvgIpc) is 3.21. The van der Waals surface area contributed by atoms with E-state index in [2.05, 4.69) is 10.3 Å². The first-order chi connectivity index (χ1) is 14.8. The molecule has 2 heterocycles. The van der Waals surface area contributed by atoms with E-state index in [4.69, 9.17) is 0 Å². The van der Waals surface area contributed by atoms with Crippen LogP contribution < -0.4 is 5.32 Å². The quantitative estimate of drug-likeness (QED) is 0.624. The fraction of sp³-hybridized carbons (Fsp3) is 0.333. The number of nitrogens with zero attached hydrogens (tertiary/aromatic N) is 3. The molecule has 7 heteroatoms. The molecule has 1 aliphatic heterocycles. The number of nitrogens with one attached hydrogen (secondary N) is 1. The maximum atomic E-state index is 13.0. The number of fused-ring (bicyclic) bond motifs is 1. The van der Waals surface area contributed by atoms with Gasteiger partial charge in [0, 0.05) is 26.4 Å². The predicted molar refractivity (Wildman–Crippen MR) is 117 cm³/mol. The monoisotopic (exact) mass is 418 g/mol. The minimum absolute atomic E-state index is 0.0522. The first kappa shape index (κ1) is 20.8. The summed E-state index contributed by atoms with van der Waals surface area (Å²) in [5, 5.41) is 2.93. The number of imide groups is 1. The second-order valence-electron chi connectivity index (χ2n) is 8.28. The first-order valence-corrected chi connectivity index (χ1v) is 10.4. The Hall–Kier alpha value is -3.48. The number of carbonyl (C=O) groups excluding carboxylic acids is 3. The fourth-order valence-electron chi connectivity index (χ4n) is 4.29. The van der Waals surface area contributed by atoms with Crippen molar-refractivity contribution in [2.75, 3.05) is 6.54 Å². The Kier molecular flexibility index (Phi) is 5.35. The van der Waals surface area contributed by atoms with Crippen LogP contribution in [-0.2, 0) is 26.8 Å². The number of rotatable bonds is 6. The summed E-state index contributed by atoms with van der Waals surface area (Å²) in [6, 6.07) is 16.8. The van der Waals surface area contributed by atoms with Crippen molar-refractivity contribution in [3.63, 3.8) is 0 Å². The number of carbonyl (C=O) groups is 3. The summed E-state index contributed by atoms with van der Waals surface area (Å²) in [6.45, 7) is 3.73. The van der Waals surface area contributed by atoms with Crippen LogP contribution in [0.25, 0.3) is 11.0 Å². The molecule has 7 nitrogen and oxygen atoms in total. The maximum Gasteiger partial charge on any atom is 0.240 e. The maximum absolute atomic E-state index is 13.0. The molecule has 2 unspecified atom stereocenters. The molecule has 3 aromatic rings. The van der Waals surface area contributed by atoms with Crippen LogP contribution in [0.15, 0.2) is 54.6 Å². The van der Waals surface area contributed by atoms with E-state index in [-0.39, 0.29) is 43.1 Å². The van der Waals surface area contributed by atoms with Crippen LogP contribution in [0.4, 0.5) is 0 Å². The second kappa shape index (κ2) is 7.98. The van der Waals surface area contributed by atoms with E-state index in [1.165, 1.54) is 4.90 Å². The average molecular weight is 418 g/mol. The standard InChI is InChI=1S/C24H26N4O3/c1-16(22-26-18-11-7-8-12-19(18)27(22)3)25-20(29)13-14-28-21(30)15-24(2,23(28)31)17-9-5-4-6-10-17/h4-12,16H,13-15H2,1-3H3,(H,25,29). The molecule has 3 amide bonds. The van der Waals surface area contributed by atoms with Crippen molar-refractivity contribution in [1.82, 2.24) is 19.8 Å². The SMILES string of the molecule is CC(NC(=O)CCN1C(=O)CC(C)(c2ccccc2)C1=O)c1nc2ccccc2n1C. The topological polar surface area (TPSA) is 84.3 Å². The Morgan fingerprint density at radius 2 is 1.81 bits per heavy atom. The van der Waals surface area contributed by atoms with Gasteiger partial charge in [-0.3, -0.25) is 19.3 Å². The number of para-hydroxylation sites is 2. The highest BCUT2D eigenvalue weighted by Gasteiger charge is 2.49. The highest BCUT2D eigenvalue weighted by Crippen LogP contribution is 2.36. The zero-order chi connectivity index (χ0) is 22.2. The molecule has 2 atom stereocenters. The van der Waals surface area contributed by atoms with Crippen LogP contribution in [0.3, 0.4) is 0 Å². The summed E-state index contributed by atoms with van der Waals surface area (Å²) in [6.07, 6.45) is 0.171. The number of aromatic nitrogens is 2. The van der Waals surface area contributed by atoms with Gasteiger partial charge in [-0.15, -0.1) is 0 Å². The van der Waals surface area contributed by atoms with E-state index in [1.807, 2.05) is 73.1 Å². The predicted octanol–water partition coefficient (Wildman–Crippen LogP) is 2.86. The van der Waals surface area contributed by atoms with Crippen molar-refractivity contribution in [2.24, 2.45) is 7.05 Å². The van der Waals surface area contributed by atoms with Gasteiger partial charge in [0.1, 0.15) is 5.82 Å². The molecular weight excluding hydrogens is 392 g/mol. The lowest BCUT2D eigenvalue weighted by Gasteiger charge is -2.22. The summed E-state index contributed by atoms with van der Waals surface area (Å²) in [4.78, 5) is 43.9. The van der Waals surface area contributed by atoms with Crippen LogP contribution in [-0.4, -0.2) is 38.7 Å². The molecule has 0 bridgehead atoms. The normalized spacial score (nSPS) is 19.8. The van der Waals surface area contributed by atoms with E-state index in [1.54, 1.807) is 6.92 Å². The number of hydrogen-bond acceptors (Lipinski definition) is 4. The van der Waals surface area contributed by atoms with Crippen molar-refractivity contribution in [3.8, 4) is 0 Å². The van der Waals surface area contributed by atoms with Crippen molar-refractivity contribution in [3.05, 3.63) is 66.0 Å². The Bertz CT molecular complexity index is 1150. The number of imidazole rings is 1. The molecule has 4 rings (SSSR count). The Morgan fingerprint density at radius 1 is 1.13 bits per heavy atom. The van der Waals surface area contributed by atoms with Crippen molar-refractivity contribution < 1.29 is 14.4 Å². The summed E-state index contributed by atoms with van der Waals surface area (Å²) in [5.41, 5.74) is 1.80. The number of aryl methyl sites for hydroxylation is 1. The van der Waals surface area contributed by atoms with Crippen molar-refractivity contribution in [1.29, 1.82) is 0 Å². The van der Waals surface area contributed by atoms with Gasteiger partial charge >= 0.3 is 0 Å². The third-order valence-corrected chi connectivity index (χ3v) is 6.08. The van der Waals surface area contributed by atoms with Crippen LogP contribution in [0, 0.1) is 0 Å². The molecule has 0 saturated carbocycles. The lowest BCUT2D eigenvalue weighted by atomic mass is 9.81. The molecular formula is C24H26N4O3. The van der Waals surface area contributed by atoms with E-state index in [0.717, 1.165) is 22.4 Å². The molecule has 1 aliphatic rings. The first-order valence-electron chi connectivity index (χ1n) is 10.4. The van der Waals surface area contributed by atoms with E-state index in [0.29, 0.717) is 0 Å². The summed E-state index contributed by atoms with van der Waals surface area (Å²) >= 11 is 0. The van der Waals surface area contributed by atoms with E-state index >= 15 is 0 Å². The number of amides is 3. The summed E-state index contributed by atoms with van der Waals surface area (Å²) in [5.74, 6) is 0.0282. The second-order valence-corrected chi connectivity index (χ2v) is 8.28. The highest BCUT2D eigenvalue weighted by molar-refractivity contribution is 6.09. The lowest BCUT2D eigenvalue weighted by molar-refractivity contribution is -0.140. The van der Waals surface area contributed by atoms with Gasteiger partial charge in [-0.25, -0.2) is 4.98 Å². The number of hydrogen-bond donors (Lipinski definition) is 1. The minimum Gasteiger partial charge on any atom is -0.346 e. The Labute approximate surface area is 181 Å². The molecule has 31 heavy (non-hydrogen) atoms. The summed E-state index contributed by atoms with van der Waals surface area (Å²) in [7, 11) is 1.92. The van der Waals surface area contributed by atoms with Crippen LogP contribution in [0.1, 0.15) is 44.1 Å². The van der Waals surface area contributed by atoms with Crippen molar-refractivity contribution in [2.45, 2.75) is 38.1 Å². The van der Waals surface area contributed by atoms with Crippen LogP contribution >= 0.6 is 0 Å². The molecule has 0 aliphatic carbocycles. The van der Waals surface area contributed by atoms with Gasteiger partial charge in [0.2, 0.25) is 17.7 Å². The molecule has 160 valence electrons. The van der Waals surface area contributed by atoms with Gasteiger partial charge in [-0.2, -0.15) is 0 Å². The van der Waals surface area contributed by atoms with E-state index in [9.17, 15) is 14.4 Å². The number of benzene rings is 2. The molecule has 1 saturated heterocycles. The number of likely N-dealkylation sites (tertiary alicyclic amines) is 1. The largest absolute Gasteiger partial charge is 0.346 e. The molecule has 1 N–H and O–H groups in total. The molecule has 1 fully saturated rings. The van der Waals surface area contributed by atoms with Crippen molar-refractivity contribution >= 4 is 28.8 Å². The summed E-state index contributed by atoms with van der Waals surface area (Å²) < 4.78 is 1.96. The van der Waals surface area contributed by atoms with Gasteiger partial charge in [0.15, 0.2) is 0 Å². The van der Waals surface area contributed by atoms with Gasteiger partial charge in [0.05, 0.1) is 22.5 Å². The lowest BCUT2D eigenvalue weighted by Crippen LogP contribution is -2.39. The zero-order valence-electron chi connectivity index (χ0n) is 18.0. The van der Waals surface area contributed by atoms with Crippen LogP contribution in [0.2, 0.25) is 0 Å². The van der Waals surface area contributed by atoms with Gasteiger partial charge in [-0.1, -0.05) is 42.5 Å². The third kappa shape index (κ3) is 3.71. The van der Waals surface area contributed by atoms with Gasteiger partial charge in [-0.05, 0) is 31.5 Å². The Morgan fingerprint density at radius 3 is 2.52 bits per heavy atom. The molecule has 0 spiro atoms. The molecule has 0 radical (unpaired) electrons. The fourth-order valence-corrected chi connectivity index (χ4v) is 4.29. The van der Waals surface area contributed by atoms with Crippen LogP contribution in [0.5, 0.6) is 0 Å². The van der Waals surface area contributed by atoms with Gasteiger partial charge in [0.25, 0.3) is 0 Å². The highest BCUT2D eigenvalue weighted by atomic mass is 16.2. The van der Waals surface area contributed by atoms with Gasteiger partial charge < -0.3 is 9.88 Å². The minimum atomic E-state index is -0.880. The third-order valence-electron chi connectivity index (χ3n) is 6.08.